The van der Waals surface area contributed by atoms with Gasteiger partial charge in [-0.15, -0.1) is 11.3 Å². The highest BCUT2D eigenvalue weighted by Gasteiger charge is 2.29. The lowest BCUT2D eigenvalue weighted by Gasteiger charge is -2.08. The van der Waals surface area contributed by atoms with Crippen LogP contribution in [0.1, 0.15) is 25.5 Å². The van der Waals surface area contributed by atoms with E-state index in [4.69, 9.17) is 4.74 Å². The third kappa shape index (κ3) is 5.24. The van der Waals surface area contributed by atoms with Gasteiger partial charge in [0.2, 0.25) is 11.8 Å². The first-order valence-electron chi connectivity index (χ1n) is 9.99. The third-order valence-corrected chi connectivity index (χ3v) is 5.61. The second-order valence-corrected chi connectivity index (χ2v) is 8.03. The van der Waals surface area contributed by atoms with Crippen molar-refractivity contribution in [3.8, 4) is 16.3 Å². The number of nitrogens with zero attached hydrogens (tertiary/aromatic N) is 1. The van der Waals surface area contributed by atoms with Gasteiger partial charge in [-0.2, -0.15) is 0 Å². The monoisotopic (exact) mass is 421 g/mol. The molecular weight excluding hydrogens is 398 g/mol. The van der Waals surface area contributed by atoms with Gasteiger partial charge in [-0.1, -0.05) is 6.07 Å². The smallest absolute Gasteiger partial charge is 0.230 e. The highest BCUT2D eigenvalue weighted by atomic mass is 32.1. The van der Waals surface area contributed by atoms with Crippen molar-refractivity contribution in [2.24, 2.45) is 5.92 Å². The number of anilines is 2. The lowest BCUT2D eigenvalue weighted by Crippen LogP contribution is -2.16. The van der Waals surface area contributed by atoms with E-state index in [0.717, 1.165) is 34.9 Å². The van der Waals surface area contributed by atoms with Crippen LogP contribution >= 0.6 is 11.3 Å². The first-order chi connectivity index (χ1) is 14.6. The largest absolute Gasteiger partial charge is 0.494 e. The number of rotatable bonds is 8. The SMILES string of the molecule is CCOc1ccc(-c2nc(CC(=O)Nc3cccc(NC(=O)C4CC4)c3)cs2)cc1. The fraction of sp³-hybridized carbons (Fsp3) is 0.261. The summed E-state index contributed by atoms with van der Waals surface area (Å²) in [6.45, 7) is 2.58. The van der Waals surface area contributed by atoms with Crippen molar-refractivity contribution < 1.29 is 14.3 Å². The topological polar surface area (TPSA) is 80.3 Å². The van der Waals surface area contributed by atoms with Crippen LogP contribution in [-0.4, -0.2) is 23.4 Å². The van der Waals surface area contributed by atoms with Gasteiger partial charge in [0.1, 0.15) is 10.8 Å². The van der Waals surface area contributed by atoms with Crippen molar-refractivity contribution in [3.63, 3.8) is 0 Å². The Morgan fingerprint density at radius 2 is 1.83 bits per heavy atom. The number of aromatic nitrogens is 1. The first-order valence-corrected chi connectivity index (χ1v) is 10.9. The molecule has 0 aliphatic heterocycles. The summed E-state index contributed by atoms with van der Waals surface area (Å²) in [5.41, 5.74) is 3.06. The van der Waals surface area contributed by atoms with Gasteiger partial charge in [-0.3, -0.25) is 9.59 Å². The summed E-state index contributed by atoms with van der Waals surface area (Å²) < 4.78 is 5.46. The Kier molecular flexibility index (Phi) is 6.09. The van der Waals surface area contributed by atoms with Crippen LogP contribution in [0.25, 0.3) is 10.6 Å². The summed E-state index contributed by atoms with van der Waals surface area (Å²) in [6, 6.07) is 15.0. The molecule has 1 heterocycles. The van der Waals surface area contributed by atoms with Crippen LogP contribution in [-0.2, 0) is 16.0 Å². The van der Waals surface area contributed by atoms with Crippen molar-refractivity contribution in [2.45, 2.75) is 26.2 Å². The van der Waals surface area contributed by atoms with E-state index < -0.39 is 0 Å². The molecule has 0 unspecified atom stereocenters. The zero-order valence-corrected chi connectivity index (χ0v) is 17.5. The number of ether oxygens (including phenoxy) is 1. The number of benzene rings is 2. The van der Waals surface area contributed by atoms with E-state index in [2.05, 4.69) is 15.6 Å². The molecule has 0 saturated heterocycles. The molecular formula is C23H23N3O3S. The third-order valence-electron chi connectivity index (χ3n) is 4.67. The van der Waals surface area contributed by atoms with E-state index in [1.165, 1.54) is 11.3 Å². The number of carbonyl (C=O) groups excluding carboxylic acids is 2. The second-order valence-electron chi connectivity index (χ2n) is 7.17. The molecule has 1 aliphatic carbocycles. The fourth-order valence-corrected chi connectivity index (χ4v) is 3.84. The Balaban J connectivity index is 1.35. The van der Waals surface area contributed by atoms with Crippen LogP contribution in [0, 0.1) is 5.92 Å². The number of nitrogens with one attached hydrogen (secondary N) is 2. The molecule has 0 spiro atoms. The molecule has 1 saturated carbocycles. The average molecular weight is 422 g/mol. The molecule has 4 rings (SSSR count). The van der Waals surface area contributed by atoms with E-state index in [0.29, 0.717) is 18.0 Å². The predicted octanol–water partition coefficient (Wildman–Crippen LogP) is 4.74. The molecule has 2 amide bonds. The van der Waals surface area contributed by atoms with Gasteiger partial charge >= 0.3 is 0 Å². The van der Waals surface area contributed by atoms with Crippen LogP contribution in [0.5, 0.6) is 5.75 Å². The van der Waals surface area contributed by atoms with Crippen molar-refractivity contribution >= 4 is 34.5 Å². The summed E-state index contributed by atoms with van der Waals surface area (Å²) in [5.74, 6) is 0.859. The average Bonchev–Trinajstić information content (AvgIpc) is 3.49. The lowest BCUT2D eigenvalue weighted by atomic mass is 10.2. The van der Waals surface area contributed by atoms with Crippen molar-refractivity contribution in [2.75, 3.05) is 17.2 Å². The van der Waals surface area contributed by atoms with E-state index >= 15 is 0 Å². The minimum atomic E-state index is -0.149. The molecule has 1 aliphatic rings. The molecule has 6 nitrogen and oxygen atoms in total. The zero-order chi connectivity index (χ0) is 20.9. The Hall–Kier alpha value is -3.19. The molecule has 1 aromatic heterocycles. The van der Waals surface area contributed by atoms with Gasteiger partial charge in [-0.25, -0.2) is 4.98 Å². The van der Waals surface area contributed by atoms with Crippen LogP contribution in [0.15, 0.2) is 53.9 Å². The first kappa shape index (κ1) is 20.1. The molecule has 7 heteroatoms. The van der Waals surface area contributed by atoms with Gasteiger partial charge in [0.25, 0.3) is 0 Å². The van der Waals surface area contributed by atoms with Crippen molar-refractivity contribution in [3.05, 3.63) is 59.6 Å². The molecule has 0 atom stereocenters. The van der Waals surface area contributed by atoms with Crippen molar-refractivity contribution in [1.82, 2.24) is 4.98 Å². The van der Waals surface area contributed by atoms with Crippen LogP contribution < -0.4 is 15.4 Å². The lowest BCUT2D eigenvalue weighted by molar-refractivity contribution is -0.117. The van der Waals surface area contributed by atoms with Gasteiger partial charge < -0.3 is 15.4 Å². The van der Waals surface area contributed by atoms with E-state index in [1.54, 1.807) is 12.1 Å². The fourth-order valence-electron chi connectivity index (χ4n) is 3.02. The maximum Gasteiger partial charge on any atom is 0.230 e. The molecule has 2 N–H and O–H groups in total. The van der Waals surface area contributed by atoms with E-state index in [-0.39, 0.29) is 24.2 Å². The molecule has 1 fully saturated rings. The summed E-state index contributed by atoms with van der Waals surface area (Å²) in [5, 5.41) is 8.53. The minimum absolute atomic E-state index is 0.0442. The molecule has 3 aromatic rings. The normalized spacial score (nSPS) is 13.0. The zero-order valence-electron chi connectivity index (χ0n) is 16.7. The van der Waals surface area contributed by atoms with Crippen LogP contribution in [0.2, 0.25) is 0 Å². The quantitative estimate of drug-likeness (QED) is 0.551. The summed E-state index contributed by atoms with van der Waals surface area (Å²) in [7, 11) is 0. The Bertz CT molecular complexity index is 1040. The van der Waals surface area contributed by atoms with Gasteiger partial charge in [0.15, 0.2) is 0 Å². The molecule has 154 valence electrons. The second kappa shape index (κ2) is 9.09. The summed E-state index contributed by atoms with van der Waals surface area (Å²) in [6.07, 6.45) is 2.09. The maximum absolute atomic E-state index is 12.4. The standard InChI is InChI=1S/C23H23N3O3S/c1-2-29-20-10-8-16(9-11-20)23-26-19(14-30-23)13-21(27)24-17-4-3-5-18(12-17)25-22(28)15-6-7-15/h3-5,8-12,14-15H,2,6-7,13H2,1H3,(H,24,27)(H,25,28). The number of amides is 2. The van der Waals surface area contributed by atoms with Crippen LogP contribution in [0.3, 0.4) is 0 Å². The number of hydrogen-bond acceptors (Lipinski definition) is 5. The predicted molar refractivity (Wildman–Crippen MR) is 119 cm³/mol. The summed E-state index contributed by atoms with van der Waals surface area (Å²) >= 11 is 1.51. The van der Waals surface area contributed by atoms with Crippen LogP contribution in [0.4, 0.5) is 11.4 Å². The summed E-state index contributed by atoms with van der Waals surface area (Å²) in [4.78, 5) is 28.9. The number of hydrogen-bond donors (Lipinski definition) is 2. The van der Waals surface area contributed by atoms with Crippen molar-refractivity contribution in [1.29, 1.82) is 0 Å². The van der Waals surface area contributed by atoms with E-state index in [9.17, 15) is 9.59 Å². The Morgan fingerprint density at radius 3 is 2.53 bits per heavy atom. The van der Waals surface area contributed by atoms with E-state index in [1.807, 2.05) is 48.7 Å². The molecule has 30 heavy (non-hydrogen) atoms. The number of carbonyl (C=O) groups is 2. The Morgan fingerprint density at radius 1 is 1.10 bits per heavy atom. The highest BCUT2D eigenvalue weighted by Crippen LogP contribution is 2.30. The molecule has 0 radical (unpaired) electrons. The Labute approximate surface area is 179 Å². The number of thiazole rings is 1. The van der Waals surface area contributed by atoms with Gasteiger partial charge in [0.05, 0.1) is 18.7 Å². The van der Waals surface area contributed by atoms with Gasteiger partial charge in [-0.05, 0) is 62.2 Å². The van der Waals surface area contributed by atoms with Gasteiger partial charge in [0, 0.05) is 28.2 Å². The molecule has 2 aromatic carbocycles. The highest BCUT2D eigenvalue weighted by molar-refractivity contribution is 7.13. The maximum atomic E-state index is 12.4. The minimum Gasteiger partial charge on any atom is -0.494 e. The molecule has 0 bridgehead atoms.